The van der Waals surface area contributed by atoms with Crippen molar-refractivity contribution in [3.63, 3.8) is 0 Å². The van der Waals surface area contributed by atoms with E-state index in [1.165, 1.54) is 0 Å². The molecule has 0 spiro atoms. The first-order chi connectivity index (χ1) is 8.75. The van der Waals surface area contributed by atoms with Gasteiger partial charge in [0, 0.05) is 5.56 Å². The summed E-state index contributed by atoms with van der Waals surface area (Å²) in [5.74, 6) is 0.757. The van der Waals surface area contributed by atoms with E-state index in [-0.39, 0.29) is 16.8 Å². The lowest BCUT2D eigenvalue weighted by molar-refractivity contribution is -0.109. The fourth-order valence-electron chi connectivity index (χ4n) is 2.67. The van der Waals surface area contributed by atoms with Gasteiger partial charge in [0.2, 0.25) is 0 Å². The highest BCUT2D eigenvalue weighted by molar-refractivity contribution is 5.37. The minimum Gasteiger partial charge on any atom is -0.465 e. The van der Waals surface area contributed by atoms with Crippen molar-refractivity contribution in [2.75, 3.05) is 0 Å². The van der Waals surface area contributed by atoms with E-state index >= 15 is 0 Å². The summed E-state index contributed by atoms with van der Waals surface area (Å²) in [6.07, 6.45) is -3.50. The lowest BCUT2D eigenvalue weighted by Gasteiger charge is -2.42. The van der Waals surface area contributed by atoms with Crippen LogP contribution in [0, 0.1) is 13.8 Å². The first-order valence-electron chi connectivity index (χ1n) is 6.44. The van der Waals surface area contributed by atoms with Crippen molar-refractivity contribution in [2.24, 2.45) is 0 Å². The van der Waals surface area contributed by atoms with Crippen molar-refractivity contribution in [1.29, 1.82) is 0 Å². The number of aryl methyl sites for hydroxylation is 1. The number of hydrogen-bond acceptors (Lipinski definition) is 5. The summed E-state index contributed by atoms with van der Waals surface area (Å²) in [5.41, 5.74) is -0.715. The van der Waals surface area contributed by atoms with Crippen LogP contribution in [0.2, 0.25) is 0 Å². The van der Waals surface area contributed by atoms with Gasteiger partial charge in [-0.05, 0) is 27.2 Å². The van der Waals surface area contributed by atoms with Gasteiger partial charge in [0.15, 0.2) is 5.43 Å². The van der Waals surface area contributed by atoms with Gasteiger partial charge in [0.05, 0.1) is 17.1 Å². The van der Waals surface area contributed by atoms with E-state index in [1.54, 1.807) is 20.8 Å². The Morgan fingerprint density at radius 1 is 1.26 bits per heavy atom. The van der Waals surface area contributed by atoms with Crippen LogP contribution in [0.15, 0.2) is 9.21 Å². The summed E-state index contributed by atoms with van der Waals surface area (Å²) >= 11 is 0. The second-order valence-electron chi connectivity index (χ2n) is 5.51. The van der Waals surface area contributed by atoms with Crippen molar-refractivity contribution in [2.45, 2.75) is 57.8 Å². The zero-order valence-electron chi connectivity index (χ0n) is 11.6. The fourth-order valence-corrected chi connectivity index (χ4v) is 2.67. The molecule has 4 unspecified atom stereocenters. The molecule has 1 heterocycles. The zero-order valence-corrected chi connectivity index (χ0v) is 11.6. The molecule has 0 amide bonds. The van der Waals surface area contributed by atoms with Crippen molar-refractivity contribution in [3.05, 3.63) is 32.9 Å². The molecular formula is C14H20O5. The van der Waals surface area contributed by atoms with Crippen molar-refractivity contribution < 1.29 is 19.7 Å². The molecule has 0 bridgehead atoms. The number of hydrogen-bond donors (Lipinski definition) is 3. The monoisotopic (exact) mass is 268 g/mol. The van der Waals surface area contributed by atoms with Crippen LogP contribution >= 0.6 is 0 Å². The van der Waals surface area contributed by atoms with Gasteiger partial charge in [-0.3, -0.25) is 4.79 Å². The molecule has 1 aliphatic carbocycles. The first kappa shape index (κ1) is 14.2. The van der Waals surface area contributed by atoms with Gasteiger partial charge in [0.1, 0.15) is 23.7 Å². The predicted octanol–water partition coefficient (Wildman–Crippen LogP) is 0.693. The summed E-state index contributed by atoms with van der Waals surface area (Å²) in [4.78, 5) is 12.3. The molecule has 0 aliphatic heterocycles. The molecule has 0 radical (unpaired) electrons. The molecule has 5 nitrogen and oxygen atoms in total. The second-order valence-corrected chi connectivity index (χ2v) is 5.51. The van der Waals surface area contributed by atoms with E-state index in [9.17, 15) is 20.1 Å². The molecule has 0 fully saturated rings. The highest BCUT2D eigenvalue weighted by Gasteiger charge is 2.50. The van der Waals surface area contributed by atoms with Crippen molar-refractivity contribution in [3.8, 4) is 0 Å². The van der Waals surface area contributed by atoms with Crippen molar-refractivity contribution in [1.82, 2.24) is 0 Å². The van der Waals surface area contributed by atoms with Crippen LogP contribution in [0.5, 0.6) is 0 Å². The molecular weight excluding hydrogens is 248 g/mol. The normalized spacial score (nSPS) is 34.2. The van der Waals surface area contributed by atoms with Gasteiger partial charge in [0.25, 0.3) is 0 Å². The standard InChI is InChI=1S/C14H20O5/c1-5-14(4)12(18)11(17)10(16)8-9(15)6(2)7(3)19-13(8)14/h10-12,16-18H,5H2,1-4H3. The minimum absolute atomic E-state index is 0.0743. The molecule has 1 aromatic heterocycles. The quantitative estimate of drug-likeness (QED) is 0.697. The summed E-state index contributed by atoms with van der Waals surface area (Å²) in [7, 11) is 0. The van der Waals surface area contributed by atoms with Crippen LogP contribution in [-0.2, 0) is 5.41 Å². The lowest BCUT2D eigenvalue weighted by Crippen LogP contribution is -2.53. The number of aliphatic hydroxyl groups is 3. The summed E-state index contributed by atoms with van der Waals surface area (Å²) < 4.78 is 5.68. The van der Waals surface area contributed by atoms with Gasteiger partial charge in [-0.25, -0.2) is 0 Å². The molecule has 19 heavy (non-hydrogen) atoms. The number of fused-ring (bicyclic) bond motifs is 1. The van der Waals surface area contributed by atoms with Crippen LogP contribution in [0.3, 0.4) is 0 Å². The smallest absolute Gasteiger partial charge is 0.194 e. The van der Waals surface area contributed by atoms with Crippen LogP contribution in [0.4, 0.5) is 0 Å². The minimum atomic E-state index is -1.42. The largest absolute Gasteiger partial charge is 0.465 e. The molecule has 5 heteroatoms. The van der Waals surface area contributed by atoms with E-state index in [4.69, 9.17) is 4.42 Å². The Bertz CT molecular complexity index is 562. The van der Waals surface area contributed by atoms with Crippen LogP contribution < -0.4 is 5.43 Å². The molecule has 3 N–H and O–H groups in total. The zero-order chi connectivity index (χ0) is 14.5. The molecule has 1 aromatic rings. The average Bonchev–Trinajstić information content (AvgIpc) is 2.39. The third kappa shape index (κ3) is 1.76. The van der Waals surface area contributed by atoms with E-state index < -0.39 is 23.7 Å². The molecule has 4 atom stereocenters. The highest BCUT2D eigenvalue weighted by atomic mass is 16.4. The number of rotatable bonds is 1. The van der Waals surface area contributed by atoms with E-state index in [0.717, 1.165) is 0 Å². The summed E-state index contributed by atoms with van der Waals surface area (Å²) in [5, 5.41) is 30.2. The van der Waals surface area contributed by atoms with Crippen LogP contribution in [-0.4, -0.2) is 27.5 Å². The number of aliphatic hydroxyl groups excluding tert-OH is 3. The third-order valence-corrected chi connectivity index (χ3v) is 4.46. The van der Waals surface area contributed by atoms with Gasteiger partial charge >= 0.3 is 0 Å². The highest BCUT2D eigenvalue weighted by Crippen LogP contribution is 2.43. The fraction of sp³-hybridized carbons (Fsp3) is 0.643. The second kappa shape index (κ2) is 4.44. The maximum Gasteiger partial charge on any atom is 0.194 e. The predicted molar refractivity (Wildman–Crippen MR) is 69.1 cm³/mol. The van der Waals surface area contributed by atoms with Crippen LogP contribution in [0.25, 0.3) is 0 Å². The van der Waals surface area contributed by atoms with Crippen molar-refractivity contribution >= 4 is 0 Å². The summed E-state index contributed by atoms with van der Waals surface area (Å²) in [6, 6.07) is 0. The van der Waals surface area contributed by atoms with Crippen LogP contribution in [0.1, 0.15) is 49.0 Å². The Morgan fingerprint density at radius 2 is 1.84 bits per heavy atom. The molecule has 0 saturated heterocycles. The van der Waals surface area contributed by atoms with E-state index in [1.807, 2.05) is 6.92 Å². The van der Waals surface area contributed by atoms with E-state index in [2.05, 4.69) is 0 Å². The van der Waals surface area contributed by atoms with Gasteiger partial charge in [-0.1, -0.05) is 6.92 Å². The maximum atomic E-state index is 12.3. The topological polar surface area (TPSA) is 90.9 Å². The van der Waals surface area contributed by atoms with Gasteiger partial charge in [-0.15, -0.1) is 0 Å². The summed E-state index contributed by atoms with van der Waals surface area (Å²) in [6.45, 7) is 6.86. The Kier molecular flexibility index (Phi) is 3.33. The average molecular weight is 268 g/mol. The lowest BCUT2D eigenvalue weighted by atomic mass is 9.68. The Labute approximate surface area is 111 Å². The Hall–Kier alpha value is -1.17. The first-order valence-corrected chi connectivity index (χ1v) is 6.44. The molecule has 106 valence electrons. The third-order valence-electron chi connectivity index (χ3n) is 4.46. The maximum absolute atomic E-state index is 12.3. The van der Waals surface area contributed by atoms with Gasteiger partial charge < -0.3 is 19.7 Å². The molecule has 0 saturated carbocycles. The molecule has 1 aliphatic rings. The Balaban J connectivity index is 2.84. The SMILES string of the molecule is CCC1(C)c2oc(C)c(C)c(=O)c2C(O)C(O)C1O. The molecule has 2 rings (SSSR count). The Morgan fingerprint density at radius 3 is 2.37 bits per heavy atom. The van der Waals surface area contributed by atoms with Gasteiger partial charge in [-0.2, -0.15) is 0 Å². The molecule has 0 aromatic carbocycles. The van der Waals surface area contributed by atoms with E-state index in [0.29, 0.717) is 17.7 Å².